The fourth-order valence-electron chi connectivity index (χ4n) is 9.63. The second-order valence-electron chi connectivity index (χ2n) is 21.1. The standard InChI is InChI=1S/C57H81N9O10S2/c1-7-8-11-44(32-43-34-58-47-13-10-9-12-46(43)47)62-54(70)49-35-59-56(78-49)65-20-18-64(19-21-65)22-23-72-24-25-73-26-27-74-28-29-75-30-31-76-37-50(68)63-52(57(4,5)6)55(71)66-36-45(67)33-48(66)53(69)61-39(2)41-14-16-42(17-15-41)51-40(3)60-38-77-51/h9-10,12-17,34-35,38-39,44-45,48,52,58,67H,7-8,11,18-33,36-37H2,1-6H3,(H,61,69)(H,62,70)(H,63,68)/t39-,44?,45+,48-,52?/m0/s1. The zero-order valence-electron chi connectivity index (χ0n) is 46.3. The van der Waals surface area contributed by atoms with Crippen molar-refractivity contribution in [2.75, 3.05) is 110 Å². The Bertz CT molecular complexity index is 2650. The zero-order chi connectivity index (χ0) is 55.4. The summed E-state index contributed by atoms with van der Waals surface area (Å²) in [5.41, 5.74) is 6.36. The minimum absolute atomic E-state index is 0.0191. The molecule has 0 bridgehead atoms. The van der Waals surface area contributed by atoms with E-state index in [0.717, 1.165) is 90.8 Å². The van der Waals surface area contributed by atoms with Crippen LogP contribution in [0.2, 0.25) is 0 Å². The van der Waals surface area contributed by atoms with Crippen LogP contribution in [0.15, 0.2) is 66.4 Å². The maximum Gasteiger partial charge on any atom is 0.263 e. The summed E-state index contributed by atoms with van der Waals surface area (Å²) in [6.45, 7) is 19.1. The molecular weight excluding hydrogens is 1030 g/mol. The van der Waals surface area contributed by atoms with Gasteiger partial charge in [0.05, 0.1) is 93.9 Å². The van der Waals surface area contributed by atoms with Gasteiger partial charge in [-0.05, 0) is 54.9 Å². The van der Waals surface area contributed by atoms with Gasteiger partial charge in [-0.1, -0.05) is 94.3 Å². The first kappa shape index (κ1) is 60.3. The van der Waals surface area contributed by atoms with Gasteiger partial charge in [0, 0.05) is 68.8 Å². The lowest BCUT2D eigenvalue weighted by molar-refractivity contribution is -0.144. The molecule has 5 aromatic rings. The smallest absolute Gasteiger partial charge is 0.263 e. The van der Waals surface area contributed by atoms with Gasteiger partial charge in [0.1, 0.15) is 23.6 Å². The second-order valence-corrected chi connectivity index (χ2v) is 23.0. The number of benzene rings is 2. The number of aromatic amines is 1. The van der Waals surface area contributed by atoms with E-state index in [1.807, 2.05) is 70.5 Å². The molecular formula is C57H81N9O10S2. The fraction of sp³-hybridized carbons (Fsp3) is 0.579. The third-order valence-electron chi connectivity index (χ3n) is 14.1. The Balaban J connectivity index is 0.681. The van der Waals surface area contributed by atoms with E-state index in [1.54, 1.807) is 17.5 Å². The van der Waals surface area contributed by atoms with Crippen LogP contribution in [0.5, 0.6) is 0 Å². The Kier molecular flexibility index (Phi) is 23.4. The van der Waals surface area contributed by atoms with E-state index in [2.05, 4.69) is 72.0 Å². The summed E-state index contributed by atoms with van der Waals surface area (Å²) in [6, 6.07) is 14.1. The number of hydrogen-bond acceptors (Lipinski definition) is 16. The molecule has 5 N–H and O–H groups in total. The van der Waals surface area contributed by atoms with Crippen LogP contribution in [0.3, 0.4) is 0 Å². The number of H-pyrrole nitrogens is 1. The number of likely N-dealkylation sites (tertiary alicyclic amines) is 1. The summed E-state index contributed by atoms with van der Waals surface area (Å²) in [5, 5.41) is 21.9. The first-order chi connectivity index (χ1) is 37.7. The van der Waals surface area contributed by atoms with Gasteiger partial charge < -0.3 is 59.5 Å². The van der Waals surface area contributed by atoms with Gasteiger partial charge in [-0.15, -0.1) is 11.3 Å². The molecule has 2 aromatic carbocycles. The van der Waals surface area contributed by atoms with Crippen molar-refractivity contribution < 1.29 is 48.0 Å². The van der Waals surface area contributed by atoms with Crippen molar-refractivity contribution in [1.82, 2.24) is 40.7 Å². The Hall–Kier alpha value is -5.36. The van der Waals surface area contributed by atoms with Crippen LogP contribution in [0, 0.1) is 12.3 Å². The van der Waals surface area contributed by atoms with Crippen molar-refractivity contribution in [1.29, 1.82) is 0 Å². The van der Waals surface area contributed by atoms with Gasteiger partial charge in [0.2, 0.25) is 17.7 Å². The monoisotopic (exact) mass is 1120 g/mol. The van der Waals surface area contributed by atoms with Crippen LogP contribution in [0.25, 0.3) is 21.3 Å². The number of nitrogens with one attached hydrogen (secondary N) is 4. The molecule has 3 aromatic heterocycles. The van der Waals surface area contributed by atoms with Crippen LogP contribution >= 0.6 is 22.7 Å². The van der Waals surface area contributed by atoms with E-state index < -0.39 is 35.4 Å². The van der Waals surface area contributed by atoms with Crippen molar-refractivity contribution in [2.45, 2.75) is 104 Å². The molecule has 2 fully saturated rings. The lowest BCUT2D eigenvalue weighted by Crippen LogP contribution is -2.58. The number of carbonyl (C=O) groups excluding carboxylic acids is 4. The molecule has 0 saturated carbocycles. The molecule has 21 heteroatoms. The molecule has 2 unspecified atom stereocenters. The molecule has 4 amide bonds. The first-order valence-corrected chi connectivity index (χ1v) is 29.1. The molecule has 0 radical (unpaired) electrons. The lowest BCUT2D eigenvalue weighted by atomic mass is 9.85. The number of β-amino-alcohol motifs (C(OH)–C–C–N with tert-alkyl or cyclic N) is 1. The van der Waals surface area contributed by atoms with E-state index in [4.69, 9.17) is 23.7 Å². The van der Waals surface area contributed by atoms with Gasteiger partial charge in [-0.2, -0.15) is 0 Å². The molecule has 0 aliphatic carbocycles. The largest absolute Gasteiger partial charge is 0.391 e. The molecule has 5 atom stereocenters. The normalized spacial score (nSPS) is 17.3. The minimum Gasteiger partial charge on any atom is -0.391 e. The maximum absolute atomic E-state index is 14.0. The first-order valence-electron chi connectivity index (χ1n) is 27.4. The van der Waals surface area contributed by atoms with Crippen molar-refractivity contribution in [3.63, 3.8) is 0 Å². The summed E-state index contributed by atoms with van der Waals surface area (Å²) in [7, 11) is 0. The number of rotatable bonds is 31. The number of para-hydroxylation sites is 1. The predicted molar refractivity (Wildman–Crippen MR) is 304 cm³/mol. The molecule has 2 aliphatic rings. The Labute approximate surface area is 467 Å². The van der Waals surface area contributed by atoms with Gasteiger partial charge in [-0.25, -0.2) is 9.97 Å². The van der Waals surface area contributed by atoms with Crippen molar-refractivity contribution in [3.8, 4) is 10.4 Å². The summed E-state index contributed by atoms with van der Waals surface area (Å²) in [4.78, 5) is 74.2. The SMILES string of the molecule is CCCCC(Cc1c[nH]c2ccccc12)NC(=O)c1cnc(N2CCN(CCOCCOCCOCCOCCOCC(=O)NC(C(=O)N3C[C@H](O)C[C@H]3C(=O)N[C@@H](C)c3ccc(-c4scnc4C)cc3)C(C)(C)C)CC2)s1. The minimum atomic E-state index is -0.968. The second kappa shape index (κ2) is 30.3. The molecule has 2 aliphatic heterocycles. The highest BCUT2D eigenvalue weighted by Crippen LogP contribution is 2.30. The molecule has 426 valence electrons. The summed E-state index contributed by atoms with van der Waals surface area (Å²) >= 11 is 3.03. The Morgan fingerprint density at radius 2 is 1.51 bits per heavy atom. The molecule has 2 saturated heterocycles. The third kappa shape index (κ3) is 17.8. The average molecular weight is 1120 g/mol. The maximum atomic E-state index is 14.0. The number of aromatic nitrogens is 3. The van der Waals surface area contributed by atoms with E-state index in [9.17, 15) is 24.3 Å². The number of ether oxygens (including phenoxy) is 5. The summed E-state index contributed by atoms with van der Waals surface area (Å²) < 4.78 is 28.3. The van der Waals surface area contributed by atoms with Crippen LogP contribution in [-0.2, 0) is 44.5 Å². The number of amides is 4. The molecule has 5 heterocycles. The van der Waals surface area contributed by atoms with Crippen LogP contribution in [0.1, 0.15) is 92.8 Å². The zero-order valence-corrected chi connectivity index (χ0v) is 47.9. The number of aliphatic hydroxyl groups is 1. The van der Waals surface area contributed by atoms with Crippen LogP contribution in [-0.4, -0.2) is 183 Å². The molecule has 7 rings (SSSR count). The van der Waals surface area contributed by atoms with Crippen LogP contribution < -0.4 is 20.9 Å². The number of anilines is 1. The molecule has 19 nitrogen and oxygen atoms in total. The number of nitrogens with zero attached hydrogens (tertiary/aromatic N) is 5. The van der Waals surface area contributed by atoms with Crippen molar-refractivity contribution >= 4 is 62.3 Å². The van der Waals surface area contributed by atoms with Crippen molar-refractivity contribution in [3.05, 3.63) is 88.1 Å². The highest BCUT2D eigenvalue weighted by Gasteiger charge is 2.45. The number of hydrogen-bond donors (Lipinski definition) is 5. The molecule has 78 heavy (non-hydrogen) atoms. The summed E-state index contributed by atoms with van der Waals surface area (Å²) in [6.07, 6.45) is 6.82. The summed E-state index contributed by atoms with van der Waals surface area (Å²) in [5.74, 6) is -1.35. The predicted octanol–water partition coefficient (Wildman–Crippen LogP) is 6.16. The number of piperazine rings is 1. The number of aliphatic hydroxyl groups excluding tert-OH is 1. The van der Waals surface area contributed by atoms with Gasteiger partial charge in [0.15, 0.2) is 5.13 Å². The molecule has 0 spiro atoms. The average Bonchev–Trinajstić information content (AvgIpc) is 4.27. The highest BCUT2D eigenvalue weighted by atomic mass is 32.1. The highest BCUT2D eigenvalue weighted by molar-refractivity contribution is 7.17. The quantitative estimate of drug-likeness (QED) is 0.0314. The van der Waals surface area contributed by atoms with E-state index in [-0.39, 0.29) is 56.7 Å². The van der Waals surface area contributed by atoms with Gasteiger partial charge in [0.25, 0.3) is 5.91 Å². The number of fused-ring (bicyclic) bond motifs is 1. The number of aryl methyl sites for hydroxylation is 1. The number of thiazole rings is 2. The van der Waals surface area contributed by atoms with E-state index in [0.29, 0.717) is 51.1 Å². The Morgan fingerprint density at radius 1 is 0.846 bits per heavy atom. The lowest BCUT2D eigenvalue weighted by Gasteiger charge is -2.35. The number of unbranched alkanes of at least 4 members (excludes halogenated alkanes) is 1. The van der Waals surface area contributed by atoms with E-state index >= 15 is 0 Å². The Morgan fingerprint density at radius 3 is 2.17 bits per heavy atom. The van der Waals surface area contributed by atoms with E-state index in [1.165, 1.54) is 27.2 Å². The topological polar surface area (TPSA) is 222 Å². The number of carbonyl (C=O) groups is 4. The van der Waals surface area contributed by atoms with Crippen molar-refractivity contribution in [2.24, 2.45) is 5.41 Å². The van der Waals surface area contributed by atoms with Gasteiger partial charge >= 0.3 is 0 Å². The fourth-order valence-corrected chi connectivity index (χ4v) is 11.3. The van der Waals surface area contributed by atoms with Gasteiger partial charge in [-0.3, -0.25) is 24.1 Å². The van der Waals surface area contributed by atoms with Crippen LogP contribution in [0.4, 0.5) is 5.13 Å². The third-order valence-corrected chi connectivity index (χ3v) is 16.1.